The molecule has 2 N–H and O–H groups in total. The maximum absolute atomic E-state index is 6.28. The first-order chi connectivity index (χ1) is 9.71. The molecule has 2 rings (SSSR count). The summed E-state index contributed by atoms with van der Waals surface area (Å²) in [6.07, 6.45) is 6.41. The second kappa shape index (κ2) is 7.09. The molecule has 5 nitrogen and oxygen atoms in total. The van der Waals surface area contributed by atoms with Crippen molar-refractivity contribution in [3.63, 3.8) is 0 Å². The third-order valence-corrected chi connectivity index (χ3v) is 4.34. The van der Waals surface area contributed by atoms with Crippen LogP contribution in [0.2, 0.25) is 5.02 Å². The molecule has 0 spiro atoms. The first-order valence-corrected chi connectivity index (χ1v) is 7.62. The van der Waals surface area contributed by atoms with E-state index in [0.29, 0.717) is 29.5 Å². The van der Waals surface area contributed by atoms with Gasteiger partial charge in [0.15, 0.2) is 5.82 Å². The predicted molar refractivity (Wildman–Crippen MR) is 81.4 cm³/mol. The van der Waals surface area contributed by atoms with Crippen LogP contribution in [0.5, 0.6) is 6.01 Å². The van der Waals surface area contributed by atoms with E-state index in [-0.39, 0.29) is 0 Å². The number of anilines is 1. The lowest BCUT2D eigenvalue weighted by atomic mass is 9.83. The van der Waals surface area contributed by atoms with Crippen LogP contribution in [0.15, 0.2) is 6.20 Å². The molecule has 0 saturated heterocycles. The van der Waals surface area contributed by atoms with E-state index in [1.165, 1.54) is 19.3 Å². The fourth-order valence-corrected chi connectivity index (χ4v) is 3.26. The Hall–Kier alpha value is -1.07. The molecule has 1 heterocycles. The van der Waals surface area contributed by atoms with Crippen LogP contribution in [-0.2, 0) is 0 Å². The van der Waals surface area contributed by atoms with E-state index in [0.717, 1.165) is 18.8 Å². The van der Waals surface area contributed by atoms with Gasteiger partial charge >= 0.3 is 6.01 Å². The molecule has 1 aliphatic rings. The lowest BCUT2D eigenvalue weighted by Crippen LogP contribution is -2.45. The average Bonchev–Trinajstić information content (AvgIpc) is 2.50. The zero-order chi connectivity index (χ0) is 14.5. The van der Waals surface area contributed by atoms with Crippen molar-refractivity contribution in [1.29, 1.82) is 0 Å². The Balaban J connectivity index is 2.30. The van der Waals surface area contributed by atoms with Gasteiger partial charge in [-0.05, 0) is 32.2 Å². The summed E-state index contributed by atoms with van der Waals surface area (Å²) in [6, 6.07) is 0.749. The highest BCUT2D eigenvalue weighted by atomic mass is 35.5. The summed E-state index contributed by atoms with van der Waals surface area (Å²) in [5.41, 5.74) is 5.94. The number of aromatic nitrogens is 2. The average molecular weight is 299 g/mol. The molecule has 0 aliphatic heterocycles. The van der Waals surface area contributed by atoms with Crippen molar-refractivity contribution in [3.8, 4) is 6.01 Å². The quantitative estimate of drug-likeness (QED) is 0.905. The van der Waals surface area contributed by atoms with Gasteiger partial charge in [-0.2, -0.15) is 4.98 Å². The van der Waals surface area contributed by atoms with E-state index in [1.807, 2.05) is 0 Å². The molecule has 1 saturated carbocycles. The normalized spacial score (nSPS) is 22.6. The van der Waals surface area contributed by atoms with Crippen LogP contribution >= 0.6 is 11.6 Å². The summed E-state index contributed by atoms with van der Waals surface area (Å²) < 4.78 is 5.11. The smallest absolute Gasteiger partial charge is 0.318 e. The first-order valence-electron chi connectivity index (χ1n) is 7.24. The molecule has 0 amide bonds. The molecular weight excluding hydrogens is 276 g/mol. The number of hydrogen-bond acceptors (Lipinski definition) is 5. The number of methoxy groups -OCH3 is 1. The Kier molecular flexibility index (Phi) is 5.43. The molecule has 0 radical (unpaired) electrons. The minimum atomic E-state index is 0.350. The van der Waals surface area contributed by atoms with Gasteiger partial charge in [0.25, 0.3) is 0 Å². The number of halogens is 1. The highest BCUT2D eigenvalue weighted by molar-refractivity contribution is 6.32. The minimum absolute atomic E-state index is 0.350. The molecule has 1 aromatic heterocycles. The van der Waals surface area contributed by atoms with Crippen LogP contribution in [0.1, 0.15) is 32.6 Å². The number of rotatable bonds is 5. The Morgan fingerprint density at radius 3 is 2.85 bits per heavy atom. The van der Waals surface area contributed by atoms with Gasteiger partial charge in [-0.3, -0.25) is 0 Å². The second-order valence-electron chi connectivity index (χ2n) is 5.16. The summed E-state index contributed by atoms with van der Waals surface area (Å²) in [7, 11) is 1.56. The van der Waals surface area contributed by atoms with E-state index >= 15 is 0 Å². The summed E-state index contributed by atoms with van der Waals surface area (Å²) >= 11 is 6.28. The van der Waals surface area contributed by atoms with E-state index in [4.69, 9.17) is 22.1 Å². The Bertz CT molecular complexity index is 443. The maximum atomic E-state index is 6.28. The van der Waals surface area contributed by atoms with Gasteiger partial charge in [-0.15, -0.1) is 0 Å². The van der Waals surface area contributed by atoms with Gasteiger partial charge in [0.2, 0.25) is 0 Å². The largest absolute Gasteiger partial charge is 0.467 e. The van der Waals surface area contributed by atoms with Crippen LogP contribution in [0.4, 0.5) is 5.82 Å². The second-order valence-corrected chi connectivity index (χ2v) is 5.57. The minimum Gasteiger partial charge on any atom is -0.467 e. The van der Waals surface area contributed by atoms with Gasteiger partial charge in [-0.1, -0.05) is 24.4 Å². The predicted octanol–water partition coefficient (Wildman–Crippen LogP) is 2.48. The summed E-state index contributed by atoms with van der Waals surface area (Å²) in [4.78, 5) is 10.7. The standard InChI is InChI=1S/C14H23ClN4O/c1-3-19(12-7-5-4-6-10(12)8-16)13-11(15)9-17-14(18-13)20-2/h9-10,12H,3-8,16H2,1-2H3. The van der Waals surface area contributed by atoms with Gasteiger partial charge in [0.1, 0.15) is 5.02 Å². The topological polar surface area (TPSA) is 64.3 Å². The van der Waals surface area contributed by atoms with Crippen molar-refractivity contribution in [3.05, 3.63) is 11.2 Å². The monoisotopic (exact) mass is 298 g/mol. The number of nitrogens with zero attached hydrogens (tertiary/aromatic N) is 3. The van der Waals surface area contributed by atoms with Gasteiger partial charge < -0.3 is 15.4 Å². The molecule has 0 aromatic carbocycles. The highest BCUT2D eigenvalue weighted by Crippen LogP contribution is 2.33. The third kappa shape index (κ3) is 3.15. The molecular formula is C14H23ClN4O. The third-order valence-electron chi connectivity index (χ3n) is 4.07. The highest BCUT2D eigenvalue weighted by Gasteiger charge is 2.30. The summed E-state index contributed by atoms with van der Waals surface area (Å²) in [5.74, 6) is 1.26. The van der Waals surface area contributed by atoms with Crippen LogP contribution in [-0.4, -0.2) is 36.2 Å². The first kappa shape index (κ1) is 15.3. The molecule has 20 heavy (non-hydrogen) atoms. The van der Waals surface area contributed by atoms with Gasteiger partial charge in [-0.25, -0.2) is 4.98 Å². The molecule has 112 valence electrons. The van der Waals surface area contributed by atoms with E-state index < -0.39 is 0 Å². The van der Waals surface area contributed by atoms with E-state index in [1.54, 1.807) is 13.3 Å². The molecule has 0 bridgehead atoms. The number of hydrogen-bond donors (Lipinski definition) is 1. The Morgan fingerprint density at radius 1 is 1.45 bits per heavy atom. The Labute approximate surface area is 125 Å². The van der Waals surface area contributed by atoms with Gasteiger partial charge in [0, 0.05) is 12.6 Å². The SMILES string of the molecule is CCN(c1nc(OC)ncc1Cl)C1CCCCC1CN. The maximum Gasteiger partial charge on any atom is 0.318 e. The van der Waals surface area contributed by atoms with Crippen LogP contribution < -0.4 is 15.4 Å². The van der Waals surface area contributed by atoms with Crippen molar-refractivity contribution in [2.75, 3.05) is 25.1 Å². The van der Waals surface area contributed by atoms with Crippen LogP contribution in [0, 0.1) is 5.92 Å². The zero-order valence-corrected chi connectivity index (χ0v) is 12.9. The van der Waals surface area contributed by atoms with Crippen molar-refractivity contribution in [2.24, 2.45) is 11.7 Å². The zero-order valence-electron chi connectivity index (χ0n) is 12.2. The van der Waals surface area contributed by atoms with Crippen molar-refractivity contribution < 1.29 is 4.74 Å². The molecule has 1 aromatic rings. The number of ether oxygens (including phenoxy) is 1. The van der Waals surface area contributed by atoms with Crippen molar-refractivity contribution in [2.45, 2.75) is 38.6 Å². The molecule has 2 atom stereocenters. The van der Waals surface area contributed by atoms with E-state index in [2.05, 4.69) is 21.8 Å². The molecule has 1 fully saturated rings. The molecule has 1 aliphatic carbocycles. The number of nitrogens with two attached hydrogens (primary N) is 1. The van der Waals surface area contributed by atoms with Crippen molar-refractivity contribution in [1.82, 2.24) is 9.97 Å². The van der Waals surface area contributed by atoms with Gasteiger partial charge in [0.05, 0.1) is 13.3 Å². The molecule has 2 unspecified atom stereocenters. The van der Waals surface area contributed by atoms with Crippen LogP contribution in [0.3, 0.4) is 0 Å². The van der Waals surface area contributed by atoms with Crippen LogP contribution in [0.25, 0.3) is 0 Å². The summed E-state index contributed by atoms with van der Waals surface area (Å²) in [6.45, 7) is 3.68. The fraction of sp³-hybridized carbons (Fsp3) is 0.714. The lowest BCUT2D eigenvalue weighted by molar-refractivity contribution is 0.298. The van der Waals surface area contributed by atoms with E-state index in [9.17, 15) is 0 Å². The molecule has 6 heteroatoms. The van der Waals surface area contributed by atoms with Crippen molar-refractivity contribution >= 4 is 17.4 Å². The fourth-order valence-electron chi connectivity index (χ4n) is 3.06. The summed E-state index contributed by atoms with van der Waals surface area (Å²) in [5, 5.41) is 0.564. The Morgan fingerprint density at radius 2 is 2.20 bits per heavy atom. The lowest BCUT2D eigenvalue weighted by Gasteiger charge is -2.40.